The second-order valence-corrected chi connectivity index (χ2v) is 4.48. The van der Waals surface area contributed by atoms with Gasteiger partial charge >= 0.3 is 0 Å². The number of benzene rings is 1. The molecule has 2 aliphatic rings. The van der Waals surface area contributed by atoms with Crippen LogP contribution in [-0.4, -0.2) is 0 Å². The van der Waals surface area contributed by atoms with Gasteiger partial charge in [0.1, 0.15) is 0 Å². The maximum atomic E-state index is 2.53. The summed E-state index contributed by atoms with van der Waals surface area (Å²) in [5, 5.41) is 0. The van der Waals surface area contributed by atoms with Crippen molar-refractivity contribution in [1.29, 1.82) is 0 Å². The first-order valence-electron chi connectivity index (χ1n) is 5.32. The van der Waals surface area contributed by atoms with E-state index in [2.05, 4.69) is 36.8 Å². The fourth-order valence-electron chi connectivity index (χ4n) is 3.10. The summed E-state index contributed by atoms with van der Waals surface area (Å²) in [6.45, 7) is 0. The van der Waals surface area contributed by atoms with Gasteiger partial charge in [0.25, 0.3) is 0 Å². The molecule has 2 bridgehead atoms. The van der Waals surface area contributed by atoms with Crippen molar-refractivity contribution in [1.82, 2.24) is 0 Å². The van der Waals surface area contributed by atoms with Crippen LogP contribution in [0.2, 0.25) is 0 Å². The summed E-state index contributed by atoms with van der Waals surface area (Å²) in [5.41, 5.74) is 1.57. The van der Waals surface area contributed by atoms with Gasteiger partial charge in [-0.25, -0.2) is 0 Å². The molecule has 2 aliphatic carbocycles. The minimum atomic E-state index is 0.871. The molecule has 1 radical (unpaired) electrons. The Balaban J connectivity index is 1.87. The summed E-state index contributed by atoms with van der Waals surface area (Å²) < 4.78 is 0. The molecular formula is C13H15. The molecule has 3 unspecified atom stereocenters. The topological polar surface area (TPSA) is 0 Å². The van der Waals surface area contributed by atoms with E-state index in [9.17, 15) is 0 Å². The van der Waals surface area contributed by atoms with Crippen LogP contribution in [0.4, 0.5) is 0 Å². The molecule has 1 aromatic rings. The molecule has 13 heavy (non-hydrogen) atoms. The van der Waals surface area contributed by atoms with Gasteiger partial charge in [-0.15, -0.1) is 0 Å². The van der Waals surface area contributed by atoms with Gasteiger partial charge in [-0.05, 0) is 49.0 Å². The van der Waals surface area contributed by atoms with Crippen molar-refractivity contribution >= 4 is 0 Å². The minimum absolute atomic E-state index is 0.871. The second-order valence-electron chi connectivity index (χ2n) is 4.48. The monoisotopic (exact) mass is 171 g/mol. The zero-order chi connectivity index (χ0) is 8.67. The first kappa shape index (κ1) is 7.61. The third-order valence-corrected chi connectivity index (χ3v) is 3.73. The van der Waals surface area contributed by atoms with E-state index in [4.69, 9.17) is 0 Å². The van der Waals surface area contributed by atoms with Gasteiger partial charge in [-0.2, -0.15) is 0 Å². The van der Waals surface area contributed by atoms with E-state index in [1.165, 1.54) is 19.3 Å². The number of fused-ring (bicyclic) bond motifs is 2. The van der Waals surface area contributed by atoms with Gasteiger partial charge in [0.05, 0.1) is 0 Å². The standard InChI is InChI=1S/C13H15/c1-2-4-11(5-3-1)13-9-10-6-7-12(13)8-10/h1-6,10,12-13H,7-9H2. The lowest BCUT2D eigenvalue weighted by Gasteiger charge is -2.21. The number of hydrogen-bond donors (Lipinski definition) is 0. The van der Waals surface area contributed by atoms with Crippen LogP contribution >= 0.6 is 0 Å². The van der Waals surface area contributed by atoms with Crippen molar-refractivity contribution in [3.63, 3.8) is 0 Å². The SMILES string of the molecule is [CH]1CC2CC1CC2c1ccccc1. The van der Waals surface area contributed by atoms with Crippen LogP contribution in [0.5, 0.6) is 0 Å². The molecule has 0 saturated heterocycles. The van der Waals surface area contributed by atoms with E-state index in [-0.39, 0.29) is 0 Å². The largest absolute Gasteiger partial charge is 0.0622 e. The molecule has 0 nitrogen and oxygen atoms in total. The van der Waals surface area contributed by atoms with Crippen LogP contribution in [0, 0.1) is 18.3 Å². The highest BCUT2D eigenvalue weighted by molar-refractivity contribution is 5.24. The molecule has 1 aromatic carbocycles. The van der Waals surface area contributed by atoms with Crippen LogP contribution < -0.4 is 0 Å². The van der Waals surface area contributed by atoms with E-state index in [0.29, 0.717) is 0 Å². The van der Waals surface area contributed by atoms with Crippen molar-refractivity contribution < 1.29 is 0 Å². The molecule has 67 valence electrons. The van der Waals surface area contributed by atoms with E-state index < -0.39 is 0 Å². The molecule has 0 amide bonds. The molecule has 0 heteroatoms. The maximum Gasteiger partial charge on any atom is -0.0131 e. The van der Waals surface area contributed by atoms with Gasteiger partial charge in [0, 0.05) is 0 Å². The number of rotatable bonds is 1. The summed E-state index contributed by atoms with van der Waals surface area (Å²) in [4.78, 5) is 0. The molecule has 0 heterocycles. The Labute approximate surface area is 80.0 Å². The van der Waals surface area contributed by atoms with Gasteiger partial charge < -0.3 is 0 Å². The Hall–Kier alpha value is -0.780. The average molecular weight is 171 g/mol. The van der Waals surface area contributed by atoms with Gasteiger partial charge in [-0.1, -0.05) is 30.3 Å². The quantitative estimate of drug-likeness (QED) is 0.607. The summed E-state index contributed by atoms with van der Waals surface area (Å²) >= 11 is 0. The highest BCUT2D eigenvalue weighted by Gasteiger charge is 2.39. The van der Waals surface area contributed by atoms with Crippen LogP contribution in [0.1, 0.15) is 30.7 Å². The number of hydrogen-bond acceptors (Lipinski definition) is 0. The first-order valence-corrected chi connectivity index (χ1v) is 5.32. The van der Waals surface area contributed by atoms with Gasteiger partial charge in [0.15, 0.2) is 0 Å². The lowest BCUT2D eigenvalue weighted by Crippen LogP contribution is -2.08. The smallest absolute Gasteiger partial charge is 0.0131 e. The fraction of sp³-hybridized carbons (Fsp3) is 0.462. The molecule has 0 N–H and O–H groups in total. The van der Waals surface area contributed by atoms with Crippen LogP contribution in [-0.2, 0) is 0 Å². The summed E-state index contributed by atoms with van der Waals surface area (Å²) in [7, 11) is 0. The lowest BCUT2D eigenvalue weighted by atomic mass is 9.84. The third kappa shape index (κ3) is 1.20. The van der Waals surface area contributed by atoms with Crippen molar-refractivity contribution in [2.75, 3.05) is 0 Å². The first-order chi connectivity index (χ1) is 6.43. The third-order valence-electron chi connectivity index (χ3n) is 3.73. The Morgan fingerprint density at radius 2 is 1.85 bits per heavy atom. The predicted molar refractivity (Wildman–Crippen MR) is 54.3 cm³/mol. The molecule has 2 fully saturated rings. The van der Waals surface area contributed by atoms with Gasteiger partial charge in [-0.3, -0.25) is 0 Å². The molecule has 0 aliphatic heterocycles. The van der Waals surface area contributed by atoms with E-state index >= 15 is 0 Å². The molecule has 2 saturated carbocycles. The van der Waals surface area contributed by atoms with Crippen molar-refractivity contribution in [3.8, 4) is 0 Å². The normalized spacial score (nSPS) is 36.8. The zero-order valence-corrected chi connectivity index (χ0v) is 7.82. The van der Waals surface area contributed by atoms with Crippen molar-refractivity contribution in [3.05, 3.63) is 42.3 Å². The summed E-state index contributed by atoms with van der Waals surface area (Å²) in [6.07, 6.45) is 6.77. The zero-order valence-electron chi connectivity index (χ0n) is 7.82. The summed E-state index contributed by atoms with van der Waals surface area (Å²) in [5.74, 6) is 2.78. The maximum absolute atomic E-state index is 2.53. The Kier molecular flexibility index (Phi) is 1.68. The molecular weight excluding hydrogens is 156 g/mol. The fourth-order valence-corrected chi connectivity index (χ4v) is 3.10. The summed E-state index contributed by atoms with van der Waals surface area (Å²) in [6, 6.07) is 11.1. The highest BCUT2D eigenvalue weighted by Crippen LogP contribution is 2.52. The Bertz CT molecular complexity index is 288. The highest BCUT2D eigenvalue weighted by atomic mass is 14.4. The van der Waals surface area contributed by atoms with Crippen molar-refractivity contribution in [2.24, 2.45) is 11.8 Å². The van der Waals surface area contributed by atoms with Crippen LogP contribution in [0.15, 0.2) is 30.3 Å². The minimum Gasteiger partial charge on any atom is -0.0622 e. The van der Waals surface area contributed by atoms with Crippen LogP contribution in [0.3, 0.4) is 0 Å². The van der Waals surface area contributed by atoms with E-state index in [1.54, 1.807) is 5.56 Å². The van der Waals surface area contributed by atoms with Gasteiger partial charge in [0.2, 0.25) is 0 Å². The van der Waals surface area contributed by atoms with Crippen molar-refractivity contribution in [2.45, 2.75) is 25.2 Å². The Morgan fingerprint density at radius 1 is 1.00 bits per heavy atom. The predicted octanol–water partition coefficient (Wildman–Crippen LogP) is 3.40. The second kappa shape index (κ2) is 2.87. The average Bonchev–Trinajstić information content (AvgIpc) is 2.80. The molecule has 0 aromatic heterocycles. The Morgan fingerprint density at radius 3 is 2.46 bits per heavy atom. The van der Waals surface area contributed by atoms with Crippen LogP contribution in [0.25, 0.3) is 0 Å². The molecule has 3 atom stereocenters. The molecule has 0 spiro atoms. The van der Waals surface area contributed by atoms with E-state index in [1.807, 2.05) is 0 Å². The molecule has 3 rings (SSSR count). The van der Waals surface area contributed by atoms with E-state index in [0.717, 1.165) is 17.8 Å². The lowest BCUT2D eigenvalue weighted by molar-refractivity contribution is 0.474.